The molecule has 0 aliphatic carbocycles. The van der Waals surface area contributed by atoms with E-state index in [1.807, 2.05) is 18.2 Å². The number of phenolic OH excluding ortho intramolecular Hbond substituents is 2. The highest BCUT2D eigenvalue weighted by Gasteiger charge is 2.43. The second-order valence-electron chi connectivity index (χ2n) is 10.5. The van der Waals surface area contributed by atoms with Crippen LogP contribution in [0.15, 0.2) is 72.8 Å². The summed E-state index contributed by atoms with van der Waals surface area (Å²) < 4.78 is 23.2. The minimum atomic E-state index is -0.947. The van der Waals surface area contributed by atoms with Gasteiger partial charge in [-0.2, -0.15) is 0 Å². The molecule has 2 aliphatic rings. The van der Waals surface area contributed by atoms with Gasteiger partial charge in [-0.25, -0.2) is 0 Å². The molecule has 0 bridgehead atoms. The molecule has 0 fully saturated rings. The van der Waals surface area contributed by atoms with Gasteiger partial charge in [0.25, 0.3) is 0 Å². The number of phenols is 2. The van der Waals surface area contributed by atoms with E-state index in [9.17, 15) is 20.4 Å². The molecule has 8 heteroatoms. The van der Waals surface area contributed by atoms with Crippen molar-refractivity contribution in [3.8, 4) is 45.6 Å². The third kappa shape index (κ3) is 5.01. The lowest BCUT2D eigenvalue weighted by atomic mass is 9.77. The summed E-state index contributed by atoms with van der Waals surface area (Å²) in [7, 11) is 3.13. The van der Waals surface area contributed by atoms with E-state index in [4.69, 9.17) is 18.9 Å². The predicted molar refractivity (Wildman–Crippen MR) is 152 cm³/mol. The van der Waals surface area contributed by atoms with Crippen molar-refractivity contribution < 1.29 is 39.4 Å². The van der Waals surface area contributed by atoms with Crippen LogP contribution in [0.3, 0.4) is 0 Å². The Morgan fingerprint density at radius 3 is 2.17 bits per heavy atom. The minimum Gasteiger partial charge on any atom is -0.508 e. The fourth-order valence-corrected chi connectivity index (χ4v) is 5.96. The van der Waals surface area contributed by atoms with Crippen molar-refractivity contribution in [2.45, 2.75) is 18.6 Å². The predicted octanol–water partition coefficient (Wildman–Crippen LogP) is 5.16. The first-order chi connectivity index (χ1) is 19.9. The molecule has 2 heterocycles. The van der Waals surface area contributed by atoms with Crippen LogP contribution in [0, 0.1) is 11.8 Å². The summed E-state index contributed by atoms with van der Waals surface area (Å²) >= 11 is 0. The van der Waals surface area contributed by atoms with Crippen LogP contribution in [0.1, 0.15) is 34.5 Å². The maximum absolute atomic E-state index is 11.7. The molecule has 4 N–H and O–H groups in total. The molecule has 4 aromatic carbocycles. The van der Waals surface area contributed by atoms with E-state index in [1.54, 1.807) is 68.8 Å². The van der Waals surface area contributed by atoms with Crippen molar-refractivity contribution in [2.75, 3.05) is 27.4 Å². The molecule has 0 saturated carbocycles. The lowest BCUT2D eigenvalue weighted by molar-refractivity contribution is -0.0554. The number of aromatic hydroxyl groups is 2. The molecule has 8 nitrogen and oxygen atoms in total. The van der Waals surface area contributed by atoms with Gasteiger partial charge in [0.1, 0.15) is 34.5 Å². The number of aliphatic hydroxyl groups is 2. The molecule has 4 atom stereocenters. The number of benzene rings is 4. The minimum absolute atomic E-state index is 0.116. The van der Waals surface area contributed by atoms with Crippen molar-refractivity contribution in [1.82, 2.24) is 0 Å². The Hall–Kier alpha value is -4.40. The Labute approximate surface area is 238 Å². The largest absolute Gasteiger partial charge is 0.508 e. The average molecular weight is 557 g/mol. The van der Waals surface area contributed by atoms with E-state index < -0.39 is 24.0 Å². The lowest BCUT2D eigenvalue weighted by Gasteiger charge is -2.40. The van der Waals surface area contributed by atoms with E-state index in [1.165, 1.54) is 0 Å². The van der Waals surface area contributed by atoms with Crippen LogP contribution in [0.25, 0.3) is 11.1 Å². The first kappa shape index (κ1) is 26.8. The van der Waals surface area contributed by atoms with E-state index in [0.29, 0.717) is 40.5 Å². The molecule has 2 aliphatic heterocycles. The lowest BCUT2D eigenvalue weighted by Crippen LogP contribution is -2.40. The van der Waals surface area contributed by atoms with Gasteiger partial charge in [-0.05, 0) is 71.3 Å². The van der Waals surface area contributed by atoms with Crippen LogP contribution < -0.4 is 18.9 Å². The van der Waals surface area contributed by atoms with Crippen molar-refractivity contribution >= 4 is 0 Å². The first-order valence-electron chi connectivity index (χ1n) is 13.5. The molecule has 0 saturated heterocycles. The summed E-state index contributed by atoms with van der Waals surface area (Å²) in [6, 6.07) is 21.0. The molecule has 4 unspecified atom stereocenters. The third-order valence-corrected chi connectivity index (χ3v) is 8.10. The summed E-state index contributed by atoms with van der Waals surface area (Å²) in [6.45, 7) is 0.408. The Balaban J connectivity index is 1.34. The normalized spacial score (nSPS) is 21.2. The highest BCUT2D eigenvalue weighted by molar-refractivity contribution is 5.70. The molecule has 0 aromatic heterocycles. The molecular weight excluding hydrogens is 524 g/mol. The second kappa shape index (κ2) is 10.9. The van der Waals surface area contributed by atoms with Crippen LogP contribution in [0.4, 0.5) is 0 Å². The van der Waals surface area contributed by atoms with E-state index in [2.05, 4.69) is 0 Å². The highest BCUT2D eigenvalue weighted by atomic mass is 16.5. The maximum Gasteiger partial charge on any atom is 0.128 e. The highest BCUT2D eigenvalue weighted by Crippen LogP contribution is 2.49. The van der Waals surface area contributed by atoms with Gasteiger partial charge in [0.2, 0.25) is 0 Å². The van der Waals surface area contributed by atoms with Crippen LogP contribution in [-0.4, -0.2) is 47.9 Å². The van der Waals surface area contributed by atoms with Gasteiger partial charge in [0, 0.05) is 34.9 Å². The summed E-state index contributed by atoms with van der Waals surface area (Å²) in [6.07, 6.45) is -1.45. The molecule has 41 heavy (non-hydrogen) atoms. The number of methoxy groups -OCH3 is 2. The zero-order valence-electron chi connectivity index (χ0n) is 22.8. The van der Waals surface area contributed by atoms with Gasteiger partial charge < -0.3 is 39.4 Å². The number of ether oxygens (including phenoxy) is 4. The van der Waals surface area contributed by atoms with Gasteiger partial charge in [0.15, 0.2) is 0 Å². The monoisotopic (exact) mass is 556 g/mol. The average Bonchev–Trinajstić information content (AvgIpc) is 2.98. The first-order valence-corrected chi connectivity index (χ1v) is 13.5. The molecule has 0 radical (unpaired) electrons. The van der Waals surface area contributed by atoms with Crippen LogP contribution in [-0.2, 0) is 6.42 Å². The SMILES string of the molecule is COc1ccc2c(c1)C(O)C(C1COc3c(Cc4cc(O)ccc4-c4cccc(O)c4)cc(OC)cc3C1O)CO2. The number of hydrogen-bond donors (Lipinski definition) is 4. The molecule has 6 rings (SSSR count). The summed E-state index contributed by atoms with van der Waals surface area (Å²) in [4.78, 5) is 0. The summed E-state index contributed by atoms with van der Waals surface area (Å²) in [5.41, 5.74) is 4.43. The number of rotatable bonds is 6. The van der Waals surface area contributed by atoms with Crippen molar-refractivity contribution in [2.24, 2.45) is 11.8 Å². The Morgan fingerprint density at radius 1 is 0.707 bits per heavy atom. The molecule has 0 spiro atoms. The topological polar surface area (TPSA) is 118 Å². The van der Waals surface area contributed by atoms with Gasteiger partial charge in [0.05, 0.1) is 39.6 Å². The Morgan fingerprint density at radius 2 is 1.41 bits per heavy atom. The zero-order chi connectivity index (χ0) is 28.7. The van der Waals surface area contributed by atoms with E-state index in [-0.39, 0.29) is 24.7 Å². The van der Waals surface area contributed by atoms with Crippen LogP contribution >= 0.6 is 0 Å². The van der Waals surface area contributed by atoms with Gasteiger partial charge in [-0.15, -0.1) is 0 Å². The van der Waals surface area contributed by atoms with E-state index in [0.717, 1.165) is 22.3 Å². The van der Waals surface area contributed by atoms with Crippen LogP contribution in [0.2, 0.25) is 0 Å². The van der Waals surface area contributed by atoms with Crippen molar-refractivity contribution in [3.63, 3.8) is 0 Å². The molecule has 0 amide bonds. The Kier molecular flexibility index (Phi) is 7.11. The summed E-state index contributed by atoms with van der Waals surface area (Å²) in [5, 5.41) is 43.4. The second-order valence-corrected chi connectivity index (χ2v) is 10.5. The fourth-order valence-electron chi connectivity index (χ4n) is 5.96. The van der Waals surface area contributed by atoms with Crippen LogP contribution in [0.5, 0.6) is 34.5 Å². The molecule has 4 aromatic rings. The standard InChI is InChI=1S/C33H32O8/c1-38-23-7-9-30-26(14-23)31(36)28(16-40-30)29-17-41-33-20(13-24(39-2)15-27(33)32(29)37)10-19-12-22(35)6-8-25(19)18-4-3-5-21(34)11-18/h3-9,11-15,28-29,31-32,34-37H,10,16-17H2,1-2H3. The Bertz CT molecular complexity index is 1580. The maximum atomic E-state index is 11.7. The van der Waals surface area contributed by atoms with Crippen molar-refractivity contribution in [3.05, 3.63) is 95.1 Å². The third-order valence-electron chi connectivity index (χ3n) is 8.10. The van der Waals surface area contributed by atoms with Gasteiger partial charge in [-0.3, -0.25) is 0 Å². The van der Waals surface area contributed by atoms with E-state index >= 15 is 0 Å². The number of fused-ring (bicyclic) bond motifs is 2. The fraction of sp³-hybridized carbons (Fsp3) is 0.273. The quantitative estimate of drug-likeness (QED) is 0.257. The number of aliphatic hydroxyl groups excluding tert-OH is 2. The number of hydrogen-bond acceptors (Lipinski definition) is 8. The summed E-state index contributed by atoms with van der Waals surface area (Å²) in [5.74, 6) is 1.71. The molecule has 212 valence electrons. The molecular formula is C33H32O8. The van der Waals surface area contributed by atoms with Gasteiger partial charge >= 0.3 is 0 Å². The van der Waals surface area contributed by atoms with Gasteiger partial charge in [-0.1, -0.05) is 18.2 Å². The zero-order valence-corrected chi connectivity index (χ0v) is 22.8. The smallest absolute Gasteiger partial charge is 0.128 e. The van der Waals surface area contributed by atoms with Crippen molar-refractivity contribution in [1.29, 1.82) is 0 Å².